The maximum atomic E-state index is 4.00. The molecule has 2 N–H and O–H groups in total. The molecule has 3 heteroatoms. The summed E-state index contributed by atoms with van der Waals surface area (Å²) in [5.41, 5.74) is 0. The van der Waals surface area contributed by atoms with E-state index in [1.165, 1.54) is 12.8 Å². The summed E-state index contributed by atoms with van der Waals surface area (Å²) >= 11 is 0. The molecule has 68 valence electrons. The van der Waals surface area contributed by atoms with Gasteiger partial charge in [0.05, 0.1) is 0 Å². The molecule has 0 aliphatic carbocycles. The van der Waals surface area contributed by atoms with Crippen LogP contribution in [-0.4, -0.2) is 16.7 Å². The Bertz CT molecular complexity index is 192. The van der Waals surface area contributed by atoms with Crippen LogP contribution < -0.4 is 5.32 Å². The maximum absolute atomic E-state index is 4.00. The van der Waals surface area contributed by atoms with Gasteiger partial charge in [-0.3, -0.25) is 5.10 Å². The van der Waals surface area contributed by atoms with Crippen molar-refractivity contribution in [3.8, 4) is 0 Å². The molecule has 0 aliphatic heterocycles. The predicted octanol–water partition coefficient (Wildman–Crippen LogP) is 2.26. The van der Waals surface area contributed by atoms with Gasteiger partial charge in [-0.05, 0) is 24.8 Å². The minimum absolute atomic E-state index is 0.797. The van der Waals surface area contributed by atoms with Crippen molar-refractivity contribution >= 4 is 5.82 Å². The molecule has 0 saturated heterocycles. The zero-order valence-electron chi connectivity index (χ0n) is 7.80. The summed E-state index contributed by atoms with van der Waals surface area (Å²) in [5, 5.41) is 10.0. The molecule has 0 spiro atoms. The van der Waals surface area contributed by atoms with Gasteiger partial charge in [-0.2, -0.15) is 5.10 Å². The van der Waals surface area contributed by atoms with E-state index in [1.807, 2.05) is 12.3 Å². The van der Waals surface area contributed by atoms with E-state index in [1.54, 1.807) is 0 Å². The first-order valence-corrected chi connectivity index (χ1v) is 4.52. The van der Waals surface area contributed by atoms with Gasteiger partial charge in [0, 0.05) is 12.7 Å². The number of aromatic nitrogens is 2. The minimum Gasteiger partial charge on any atom is -0.369 e. The molecule has 0 atom stereocenters. The third kappa shape index (κ3) is 3.42. The van der Waals surface area contributed by atoms with Crippen molar-refractivity contribution in [2.75, 3.05) is 11.9 Å². The molecule has 0 unspecified atom stereocenters. The Balaban J connectivity index is 2.04. The largest absolute Gasteiger partial charge is 0.369 e. The molecule has 0 aromatic carbocycles. The molecule has 1 aromatic rings. The van der Waals surface area contributed by atoms with E-state index in [2.05, 4.69) is 29.4 Å². The first kappa shape index (κ1) is 9.10. The number of anilines is 1. The molecule has 1 heterocycles. The van der Waals surface area contributed by atoms with Crippen LogP contribution in [0.2, 0.25) is 0 Å². The SMILES string of the molecule is CC(C)CCCNc1cc[nH]n1. The molecule has 0 aliphatic rings. The van der Waals surface area contributed by atoms with Gasteiger partial charge in [-0.1, -0.05) is 13.8 Å². The third-order valence-electron chi connectivity index (χ3n) is 1.77. The van der Waals surface area contributed by atoms with Gasteiger partial charge in [-0.15, -0.1) is 0 Å². The Hall–Kier alpha value is -0.990. The van der Waals surface area contributed by atoms with Crippen LogP contribution in [0.4, 0.5) is 5.82 Å². The molecule has 3 nitrogen and oxygen atoms in total. The Labute approximate surface area is 73.6 Å². The second-order valence-corrected chi connectivity index (χ2v) is 3.42. The summed E-state index contributed by atoms with van der Waals surface area (Å²) in [6, 6.07) is 1.94. The van der Waals surface area contributed by atoms with E-state index in [0.717, 1.165) is 18.3 Å². The van der Waals surface area contributed by atoms with Gasteiger partial charge >= 0.3 is 0 Å². The fourth-order valence-corrected chi connectivity index (χ4v) is 1.09. The summed E-state index contributed by atoms with van der Waals surface area (Å²) in [5.74, 6) is 1.74. The monoisotopic (exact) mass is 167 g/mol. The first-order chi connectivity index (χ1) is 5.79. The molecule has 1 aromatic heterocycles. The van der Waals surface area contributed by atoms with Crippen LogP contribution in [-0.2, 0) is 0 Å². The topological polar surface area (TPSA) is 40.7 Å². The van der Waals surface area contributed by atoms with Gasteiger partial charge in [0.2, 0.25) is 0 Å². The molecular formula is C9H17N3. The van der Waals surface area contributed by atoms with E-state index in [0.29, 0.717) is 0 Å². The summed E-state index contributed by atoms with van der Waals surface area (Å²) < 4.78 is 0. The average molecular weight is 167 g/mol. The first-order valence-electron chi connectivity index (χ1n) is 4.52. The van der Waals surface area contributed by atoms with Crippen molar-refractivity contribution in [1.82, 2.24) is 10.2 Å². The molecular weight excluding hydrogens is 150 g/mol. The third-order valence-corrected chi connectivity index (χ3v) is 1.77. The highest BCUT2D eigenvalue weighted by Gasteiger charge is 1.94. The number of nitrogens with one attached hydrogen (secondary N) is 2. The number of aromatic amines is 1. The zero-order chi connectivity index (χ0) is 8.81. The summed E-state index contributed by atoms with van der Waals surface area (Å²) in [4.78, 5) is 0. The van der Waals surface area contributed by atoms with Crippen molar-refractivity contribution in [3.63, 3.8) is 0 Å². The van der Waals surface area contributed by atoms with Crippen LogP contribution >= 0.6 is 0 Å². The van der Waals surface area contributed by atoms with Crippen molar-refractivity contribution in [2.24, 2.45) is 5.92 Å². The average Bonchev–Trinajstić information content (AvgIpc) is 2.49. The number of nitrogens with zero attached hydrogens (tertiary/aromatic N) is 1. The van der Waals surface area contributed by atoms with Crippen LogP contribution in [0.3, 0.4) is 0 Å². The zero-order valence-corrected chi connectivity index (χ0v) is 7.80. The van der Waals surface area contributed by atoms with Gasteiger partial charge in [0.15, 0.2) is 0 Å². The summed E-state index contributed by atoms with van der Waals surface area (Å²) in [7, 11) is 0. The Morgan fingerprint density at radius 1 is 1.58 bits per heavy atom. The predicted molar refractivity (Wildman–Crippen MR) is 51.1 cm³/mol. The number of hydrogen-bond donors (Lipinski definition) is 2. The van der Waals surface area contributed by atoms with E-state index in [4.69, 9.17) is 0 Å². The Morgan fingerprint density at radius 2 is 2.42 bits per heavy atom. The second kappa shape index (κ2) is 4.80. The quantitative estimate of drug-likeness (QED) is 0.660. The fourth-order valence-electron chi connectivity index (χ4n) is 1.09. The van der Waals surface area contributed by atoms with Crippen LogP contribution in [0.1, 0.15) is 26.7 Å². The highest BCUT2D eigenvalue weighted by Crippen LogP contribution is 2.04. The van der Waals surface area contributed by atoms with Crippen molar-refractivity contribution in [1.29, 1.82) is 0 Å². The van der Waals surface area contributed by atoms with E-state index < -0.39 is 0 Å². The van der Waals surface area contributed by atoms with Gasteiger partial charge < -0.3 is 5.32 Å². The highest BCUT2D eigenvalue weighted by molar-refractivity contribution is 5.31. The normalized spacial score (nSPS) is 10.6. The van der Waals surface area contributed by atoms with Crippen LogP contribution in [0, 0.1) is 5.92 Å². The standard InChI is InChI=1S/C9H17N3/c1-8(2)4-3-6-10-9-5-7-11-12-9/h5,7-8H,3-4,6H2,1-2H3,(H2,10,11,12). The van der Waals surface area contributed by atoms with Crippen LogP contribution in [0.5, 0.6) is 0 Å². The maximum Gasteiger partial charge on any atom is 0.147 e. The molecule has 12 heavy (non-hydrogen) atoms. The van der Waals surface area contributed by atoms with Gasteiger partial charge in [0.25, 0.3) is 0 Å². The fraction of sp³-hybridized carbons (Fsp3) is 0.667. The van der Waals surface area contributed by atoms with Gasteiger partial charge in [0.1, 0.15) is 5.82 Å². The Morgan fingerprint density at radius 3 is 3.00 bits per heavy atom. The second-order valence-electron chi connectivity index (χ2n) is 3.42. The van der Waals surface area contributed by atoms with E-state index in [-0.39, 0.29) is 0 Å². The Kier molecular flexibility index (Phi) is 3.64. The van der Waals surface area contributed by atoms with Crippen LogP contribution in [0.25, 0.3) is 0 Å². The smallest absolute Gasteiger partial charge is 0.147 e. The number of hydrogen-bond acceptors (Lipinski definition) is 2. The van der Waals surface area contributed by atoms with Crippen molar-refractivity contribution in [2.45, 2.75) is 26.7 Å². The lowest BCUT2D eigenvalue weighted by molar-refractivity contribution is 0.566. The number of H-pyrrole nitrogens is 1. The molecule has 0 amide bonds. The molecule has 0 saturated carbocycles. The lowest BCUT2D eigenvalue weighted by Crippen LogP contribution is -2.03. The van der Waals surface area contributed by atoms with E-state index in [9.17, 15) is 0 Å². The molecule has 0 radical (unpaired) electrons. The van der Waals surface area contributed by atoms with Crippen molar-refractivity contribution in [3.05, 3.63) is 12.3 Å². The lowest BCUT2D eigenvalue weighted by atomic mass is 10.1. The number of rotatable bonds is 5. The molecule has 0 fully saturated rings. The molecule has 1 rings (SSSR count). The lowest BCUT2D eigenvalue weighted by Gasteiger charge is -2.04. The molecule has 0 bridgehead atoms. The van der Waals surface area contributed by atoms with Crippen LogP contribution in [0.15, 0.2) is 12.3 Å². The van der Waals surface area contributed by atoms with E-state index >= 15 is 0 Å². The van der Waals surface area contributed by atoms with Crippen molar-refractivity contribution < 1.29 is 0 Å². The minimum atomic E-state index is 0.797. The summed E-state index contributed by atoms with van der Waals surface area (Å²) in [6.45, 7) is 5.51. The highest BCUT2D eigenvalue weighted by atomic mass is 15.2. The summed E-state index contributed by atoms with van der Waals surface area (Å²) in [6.07, 6.45) is 4.31. The van der Waals surface area contributed by atoms with Gasteiger partial charge in [-0.25, -0.2) is 0 Å².